The Hall–Kier alpha value is -4.80. The molecule has 2 N–H and O–H groups in total. The fourth-order valence-corrected chi connectivity index (χ4v) is 5.21. The van der Waals surface area contributed by atoms with Crippen LogP contribution in [0.2, 0.25) is 0 Å². The van der Waals surface area contributed by atoms with Gasteiger partial charge in [0.25, 0.3) is 0 Å². The molecular weight excluding hydrogens is 638 g/mol. The van der Waals surface area contributed by atoms with Gasteiger partial charge in [-0.05, 0) is 95.5 Å². The number of nitrogens with zero attached hydrogens (tertiary/aromatic N) is 1. The van der Waals surface area contributed by atoms with E-state index in [9.17, 15) is 14.4 Å². The van der Waals surface area contributed by atoms with Crippen molar-refractivity contribution in [2.45, 2.75) is 98.3 Å². The Morgan fingerprint density at radius 3 is 2.20 bits per heavy atom. The zero-order valence-corrected chi connectivity index (χ0v) is 30.5. The summed E-state index contributed by atoms with van der Waals surface area (Å²) in [5.41, 5.74) is 1.95. The van der Waals surface area contributed by atoms with Gasteiger partial charge in [-0.3, -0.25) is 9.59 Å². The fourth-order valence-electron chi connectivity index (χ4n) is 5.21. The van der Waals surface area contributed by atoms with Crippen LogP contribution < -0.4 is 24.8 Å². The Labute approximate surface area is 295 Å². The average Bonchev–Trinajstić information content (AvgIpc) is 3.50. The second kappa shape index (κ2) is 16.3. The first kappa shape index (κ1) is 38.0. The van der Waals surface area contributed by atoms with Gasteiger partial charge >= 0.3 is 12.1 Å². The highest BCUT2D eigenvalue weighted by molar-refractivity contribution is 5.89. The molecule has 1 aromatic heterocycles. The monoisotopic (exact) mass is 689 g/mol. The van der Waals surface area contributed by atoms with Gasteiger partial charge in [0, 0.05) is 18.2 Å². The molecule has 11 heteroatoms. The maximum absolute atomic E-state index is 13.2. The molecule has 0 radical (unpaired) electrons. The van der Waals surface area contributed by atoms with E-state index >= 15 is 0 Å². The van der Waals surface area contributed by atoms with Crippen LogP contribution in [0.15, 0.2) is 60.7 Å². The van der Waals surface area contributed by atoms with Crippen LogP contribution >= 0.6 is 0 Å². The Morgan fingerprint density at radius 2 is 1.50 bits per heavy atom. The van der Waals surface area contributed by atoms with E-state index < -0.39 is 35.2 Å². The molecule has 2 aromatic carbocycles. The Morgan fingerprint density at radius 1 is 0.800 bits per heavy atom. The Kier molecular flexibility index (Phi) is 12.4. The molecule has 270 valence electrons. The summed E-state index contributed by atoms with van der Waals surface area (Å²) in [6, 6.07) is 18.7. The summed E-state index contributed by atoms with van der Waals surface area (Å²) in [6.07, 6.45) is 1.30. The topological polar surface area (TPSA) is 134 Å². The van der Waals surface area contributed by atoms with E-state index in [1.807, 2.05) is 60.7 Å². The predicted octanol–water partition coefficient (Wildman–Crippen LogP) is 7.46. The third-order valence-corrected chi connectivity index (χ3v) is 7.61. The third-order valence-electron chi connectivity index (χ3n) is 7.61. The molecule has 0 fully saturated rings. The molecule has 0 aliphatic carbocycles. The number of unbranched alkanes of at least 4 members (excludes halogenated alkanes) is 1. The number of amides is 2. The van der Waals surface area contributed by atoms with E-state index in [2.05, 4.69) is 24.5 Å². The number of pyridine rings is 1. The molecule has 50 heavy (non-hydrogen) atoms. The third kappa shape index (κ3) is 12.3. The maximum atomic E-state index is 13.2. The lowest BCUT2D eigenvalue weighted by Crippen LogP contribution is -2.51. The van der Waals surface area contributed by atoms with Crippen LogP contribution in [0.4, 0.5) is 4.79 Å². The zero-order chi connectivity index (χ0) is 36.5. The van der Waals surface area contributed by atoms with E-state index in [0.717, 1.165) is 47.4 Å². The van der Waals surface area contributed by atoms with Gasteiger partial charge in [-0.25, -0.2) is 9.78 Å². The number of hydrogen-bond donors (Lipinski definition) is 2. The molecule has 1 atom stereocenters. The molecule has 1 aliphatic rings. The fraction of sp³-hybridized carbons (Fsp3) is 0.487. The summed E-state index contributed by atoms with van der Waals surface area (Å²) >= 11 is 0. The highest BCUT2D eigenvalue weighted by Crippen LogP contribution is 2.37. The molecule has 3 aromatic rings. The van der Waals surface area contributed by atoms with Crippen molar-refractivity contribution >= 4 is 18.0 Å². The molecule has 2 amide bonds. The number of aromatic nitrogens is 1. The van der Waals surface area contributed by atoms with Gasteiger partial charge < -0.3 is 34.3 Å². The van der Waals surface area contributed by atoms with Crippen molar-refractivity contribution in [3.8, 4) is 39.8 Å². The molecule has 1 aliphatic heterocycles. The summed E-state index contributed by atoms with van der Waals surface area (Å²) in [6.45, 7) is 15.5. The Balaban J connectivity index is 1.32. The molecule has 0 spiro atoms. The molecular formula is C39H51N3O8. The molecule has 0 bridgehead atoms. The smallest absolute Gasteiger partial charge is 0.408 e. The van der Waals surface area contributed by atoms with Gasteiger partial charge in [-0.1, -0.05) is 50.2 Å². The normalized spacial score (nSPS) is 13.3. The molecule has 1 unspecified atom stereocenters. The number of rotatable bonds is 14. The van der Waals surface area contributed by atoms with Crippen molar-refractivity contribution in [1.29, 1.82) is 0 Å². The van der Waals surface area contributed by atoms with Crippen molar-refractivity contribution in [2.24, 2.45) is 5.41 Å². The summed E-state index contributed by atoms with van der Waals surface area (Å²) < 4.78 is 28.0. The van der Waals surface area contributed by atoms with Crippen LogP contribution in [0.25, 0.3) is 22.4 Å². The second-order valence-electron chi connectivity index (χ2n) is 15.2. The van der Waals surface area contributed by atoms with Crippen LogP contribution in [0.1, 0.15) is 81.1 Å². The minimum absolute atomic E-state index is 0.210. The number of carbonyl (C=O) groups excluding carboxylic acids is 3. The first-order valence-electron chi connectivity index (χ1n) is 17.1. The first-order chi connectivity index (χ1) is 23.5. The van der Waals surface area contributed by atoms with Crippen molar-refractivity contribution in [1.82, 2.24) is 15.6 Å². The number of nitrogens with one attached hydrogen (secondary N) is 2. The summed E-state index contributed by atoms with van der Waals surface area (Å²) in [5.74, 6) is 0.877. The Bertz CT molecular complexity index is 1600. The zero-order valence-electron chi connectivity index (χ0n) is 30.5. The van der Waals surface area contributed by atoms with Gasteiger partial charge in [0.2, 0.25) is 18.6 Å². The number of hydrogen-bond acceptors (Lipinski definition) is 9. The highest BCUT2D eigenvalue weighted by atomic mass is 16.7. The number of alkyl carbamates (subject to hydrolysis) is 1. The number of esters is 1. The van der Waals surface area contributed by atoms with E-state index in [1.165, 1.54) is 0 Å². The van der Waals surface area contributed by atoms with E-state index in [-0.39, 0.29) is 18.6 Å². The second-order valence-corrected chi connectivity index (χ2v) is 15.2. The molecule has 0 saturated heterocycles. The minimum atomic E-state index is -1.15. The number of benzene rings is 2. The average molecular weight is 690 g/mol. The van der Waals surface area contributed by atoms with Crippen molar-refractivity contribution in [3.05, 3.63) is 60.7 Å². The highest BCUT2D eigenvalue weighted by Gasteiger charge is 2.30. The standard InChI is InChI=1S/C39H51N3O8/c1-37(2,3)49-34(43)23-30(42-36(45)50-38(4,5)6)35(44)40-24-39(7,8)18-12-13-19-46-33-22-28(20-29(41-33)26-14-10-9-11-15-26)27-16-17-31-32(21-27)48-25-47-31/h9-11,14-17,20-22,30H,12-13,18-19,23-25H2,1-8H3,(H,40,44)(H,42,45). The lowest BCUT2D eigenvalue weighted by molar-refractivity contribution is -0.156. The van der Waals surface area contributed by atoms with Gasteiger partial charge in [-0.2, -0.15) is 0 Å². The van der Waals surface area contributed by atoms with Crippen molar-refractivity contribution in [3.63, 3.8) is 0 Å². The quantitative estimate of drug-likeness (QED) is 0.131. The van der Waals surface area contributed by atoms with E-state index in [4.69, 9.17) is 28.7 Å². The number of carbonyl (C=O) groups is 3. The van der Waals surface area contributed by atoms with E-state index in [0.29, 0.717) is 24.8 Å². The lowest BCUT2D eigenvalue weighted by Gasteiger charge is -2.28. The largest absolute Gasteiger partial charge is 0.478 e. The number of ether oxygens (including phenoxy) is 5. The molecule has 0 saturated carbocycles. The molecule has 2 heterocycles. The van der Waals surface area contributed by atoms with Crippen LogP contribution in [0.3, 0.4) is 0 Å². The van der Waals surface area contributed by atoms with Gasteiger partial charge in [-0.15, -0.1) is 0 Å². The van der Waals surface area contributed by atoms with Crippen molar-refractivity contribution in [2.75, 3.05) is 19.9 Å². The summed E-state index contributed by atoms with van der Waals surface area (Å²) in [4.78, 5) is 43.0. The van der Waals surface area contributed by atoms with Gasteiger partial charge in [0.05, 0.1) is 18.7 Å². The predicted molar refractivity (Wildman–Crippen MR) is 191 cm³/mol. The van der Waals surface area contributed by atoms with Gasteiger partial charge in [0.1, 0.15) is 17.2 Å². The summed E-state index contributed by atoms with van der Waals surface area (Å²) in [5, 5.41) is 5.44. The molecule has 11 nitrogen and oxygen atoms in total. The maximum Gasteiger partial charge on any atom is 0.408 e. The lowest BCUT2D eigenvalue weighted by atomic mass is 9.87. The van der Waals surface area contributed by atoms with Crippen LogP contribution in [0.5, 0.6) is 17.4 Å². The molecule has 4 rings (SSSR count). The van der Waals surface area contributed by atoms with Crippen LogP contribution in [0, 0.1) is 5.41 Å². The van der Waals surface area contributed by atoms with Crippen LogP contribution in [-0.4, -0.2) is 60.1 Å². The van der Waals surface area contributed by atoms with Crippen molar-refractivity contribution < 1.29 is 38.1 Å². The van der Waals surface area contributed by atoms with E-state index in [1.54, 1.807) is 41.5 Å². The minimum Gasteiger partial charge on any atom is -0.478 e. The first-order valence-corrected chi connectivity index (χ1v) is 17.1. The van der Waals surface area contributed by atoms with Gasteiger partial charge in [0.15, 0.2) is 11.5 Å². The number of fused-ring (bicyclic) bond motifs is 1. The summed E-state index contributed by atoms with van der Waals surface area (Å²) in [7, 11) is 0. The SMILES string of the molecule is CC(C)(CCCCOc1cc(-c2ccc3c(c2)OCO3)cc(-c2ccccc2)n1)CNC(=O)C(CC(=O)OC(C)(C)C)NC(=O)OC(C)(C)C. The van der Waals surface area contributed by atoms with Crippen LogP contribution in [-0.2, 0) is 19.1 Å².